The summed E-state index contributed by atoms with van der Waals surface area (Å²) in [7, 11) is 0. The average molecular weight is 315 g/mol. The molecule has 0 aromatic carbocycles. The normalized spacial score (nSPS) is 18.8. The Morgan fingerprint density at radius 3 is 3.10 bits per heavy atom. The van der Waals surface area contributed by atoms with Crippen molar-refractivity contribution >= 4 is 22.7 Å². The Labute approximate surface area is 132 Å². The zero-order valence-electron chi connectivity index (χ0n) is 11.9. The van der Waals surface area contributed by atoms with E-state index < -0.39 is 0 Å². The van der Waals surface area contributed by atoms with E-state index in [1.54, 1.807) is 22.7 Å². The molecule has 0 N–H and O–H groups in total. The highest BCUT2D eigenvalue weighted by molar-refractivity contribution is 7.14. The summed E-state index contributed by atoms with van der Waals surface area (Å²) in [6, 6.07) is 6.98. The molecule has 3 aromatic rings. The highest BCUT2D eigenvalue weighted by atomic mass is 32.1. The van der Waals surface area contributed by atoms with Crippen molar-refractivity contribution < 1.29 is 0 Å². The highest BCUT2D eigenvalue weighted by Crippen LogP contribution is 2.29. The van der Waals surface area contributed by atoms with Crippen LogP contribution in [-0.2, 0) is 13.1 Å². The number of rotatable bonds is 3. The average Bonchev–Trinajstić information content (AvgIpc) is 3.21. The fraction of sp³-hybridized carbons (Fsp3) is 0.312. The van der Waals surface area contributed by atoms with E-state index in [2.05, 4.69) is 56.9 Å². The maximum atomic E-state index is 4.80. The van der Waals surface area contributed by atoms with E-state index in [-0.39, 0.29) is 0 Å². The van der Waals surface area contributed by atoms with E-state index in [0.29, 0.717) is 6.04 Å². The van der Waals surface area contributed by atoms with Crippen LogP contribution >= 0.6 is 22.7 Å². The molecule has 0 saturated carbocycles. The fourth-order valence-corrected chi connectivity index (χ4v) is 4.47. The van der Waals surface area contributed by atoms with Crippen LogP contribution in [0.15, 0.2) is 40.5 Å². The number of nitrogens with zero attached hydrogens (tertiary/aromatic N) is 3. The standard InChI is InChI=1S/C16H17N3S2/c1-12-15-3-2-5-18(15)6-7-19(12)9-14-11-21-16(17-14)13-4-8-20-10-13/h2-5,8,10-12H,6-7,9H2,1H3. The maximum Gasteiger partial charge on any atom is 0.124 e. The van der Waals surface area contributed by atoms with Gasteiger partial charge in [0, 0.05) is 53.9 Å². The molecule has 1 unspecified atom stereocenters. The first-order valence-corrected chi connectivity index (χ1v) is 8.99. The van der Waals surface area contributed by atoms with Crippen molar-refractivity contribution in [2.24, 2.45) is 0 Å². The first-order valence-electron chi connectivity index (χ1n) is 7.17. The number of aromatic nitrogens is 2. The summed E-state index contributed by atoms with van der Waals surface area (Å²) in [6.07, 6.45) is 2.18. The summed E-state index contributed by atoms with van der Waals surface area (Å²) < 4.78 is 2.36. The minimum absolute atomic E-state index is 0.458. The lowest BCUT2D eigenvalue weighted by atomic mass is 10.1. The first-order chi connectivity index (χ1) is 10.3. The van der Waals surface area contributed by atoms with Crippen LogP contribution in [0.5, 0.6) is 0 Å². The Kier molecular flexibility index (Phi) is 3.41. The predicted octanol–water partition coefficient (Wildman–Crippen LogP) is 4.25. The molecule has 3 nitrogen and oxygen atoms in total. The van der Waals surface area contributed by atoms with Gasteiger partial charge in [-0.15, -0.1) is 11.3 Å². The quantitative estimate of drug-likeness (QED) is 0.720. The van der Waals surface area contributed by atoms with E-state index in [0.717, 1.165) is 24.6 Å². The second-order valence-corrected chi connectivity index (χ2v) is 7.07. The third-order valence-electron chi connectivity index (χ3n) is 4.15. The maximum absolute atomic E-state index is 4.80. The van der Waals surface area contributed by atoms with E-state index >= 15 is 0 Å². The van der Waals surface area contributed by atoms with Crippen molar-refractivity contribution in [3.8, 4) is 10.6 Å². The van der Waals surface area contributed by atoms with E-state index in [4.69, 9.17) is 4.98 Å². The third kappa shape index (κ3) is 2.46. The van der Waals surface area contributed by atoms with Crippen molar-refractivity contribution in [3.63, 3.8) is 0 Å². The molecule has 0 amide bonds. The molecule has 1 aliphatic rings. The van der Waals surface area contributed by atoms with Crippen LogP contribution in [-0.4, -0.2) is 21.0 Å². The lowest BCUT2D eigenvalue weighted by Gasteiger charge is -2.34. The molecule has 3 aromatic heterocycles. The molecule has 0 radical (unpaired) electrons. The summed E-state index contributed by atoms with van der Waals surface area (Å²) in [6.45, 7) is 5.40. The van der Waals surface area contributed by atoms with Crippen LogP contribution in [0.3, 0.4) is 0 Å². The largest absolute Gasteiger partial charge is 0.349 e. The van der Waals surface area contributed by atoms with E-state index in [9.17, 15) is 0 Å². The van der Waals surface area contributed by atoms with Crippen LogP contribution in [0.4, 0.5) is 0 Å². The lowest BCUT2D eigenvalue weighted by molar-refractivity contribution is 0.159. The van der Waals surface area contributed by atoms with Gasteiger partial charge in [-0.3, -0.25) is 4.90 Å². The van der Waals surface area contributed by atoms with Gasteiger partial charge in [0.05, 0.1) is 5.69 Å². The van der Waals surface area contributed by atoms with Crippen molar-refractivity contribution in [2.45, 2.75) is 26.1 Å². The molecular weight excluding hydrogens is 298 g/mol. The zero-order valence-corrected chi connectivity index (χ0v) is 13.5. The number of thiophene rings is 1. The van der Waals surface area contributed by atoms with Crippen LogP contribution in [0.1, 0.15) is 24.4 Å². The van der Waals surface area contributed by atoms with Crippen molar-refractivity contribution in [3.05, 3.63) is 51.9 Å². The molecule has 108 valence electrons. The lowest BCUT2D eigenvalue weighted by Crippen LogP contribution is -2.35. The molecular formula is C16H17N3S2. The van der Waals surface area contributed by atoms with Gasteiger partial charge in [-0.1, -0.05) is 0 Å². The van der Waals surface area contributed by atoms with Crippen LogP contribution < -0.4 is 0 Å². The van der Waals surface area contributed by atoms with Crippen LogP contribution in [0, 0.1) is 0 Å². The number of fused-ring (bicyclic) bond motifs is 1. The Bertz CT molecular complexity index is 726. The fourth-order valence-electron chi connectivity index (χ4n) is 2.95. The zero-order chi connectivity index (χ0) is 14.2. The van der Waals surface area contributed by atoms with Gasteiger partial charge in [0.1, 0.15) is 5.01 Å². The molecule has 0 bridgehead atoms. The van der Waals surface area contributed by atoms with Gasteiger partial charge in [0.2, 0.25) is 0 Å². The van der Waals surface area contributed by atoms with Crippen LogP contribution in [0.25, 0.3) is 10.6 Å². The second kappa shape index (κ2) is 5.40. The Morgan fingerprint density at radius 2 is 2.24 bits per heavy atom. The number of hydrogen-bond acceptors (Lipinski definition) is 4. The van der Waals surface area contributed by atoms with Gasteiger partial charge in [-0.25, -0.2) is 4.98 Å². The van der Waals surface area contributed by atoms with Gasteiger partial charge < -0.3 is 4.57 Å². The topological polar surface area (TPSA) is 21.1 Å². The molecule has 1 atom stereocenters. The van der Waals surface area contributed by atoms with Crippen molar-refractivity contribution in [2.75, 3.05) is 6.54 Å². The predicted molar refractivity (Wildman–Crippen MR) is 88.7 cm³/mol. The summed E-state index contributed by atoms with van der Waals surface area (Å²) in [5.41, 5.74) is 3.85. The van der Waals surface area contributed by atoms with Gasteiger partial charge in [0.15, 0.2) is 0 Å². The first kappa shape index (κ1) is 13.2. The van der Waals surface area contributed by atoms with Crippen molar-refractivity contribution in [1.29, 1.82) is 0 Å². The SMILES string of the molecule is CC1c2cccn2CCN1Cc1csc(-c2ccsc2)n1. The second-order valence-electron chi connectivity index (χ2n) is 5.43. The number of hydrogen-bond donors (Lipinski definition) is 0. The molecule has 0 saturated heterocycles. The highest BCUT2D eigenvalue weighted by Gasteiger charge is 2.24. The number of thiazole rings is 1. The van der Waals surface area contributed by atoms with Crippen LogP contribution in [0.2, 0.25) is 0 Å². The van der Waals surface area contributed by atoms with Crippen molar-refractivity contribution in [1.82, 2.24) is 14.5 Å². The minimum atomic E-state index is 0.458. The summed E-state index contributed by atoms with van der Waals surface area (Å²) in [4.78, 5) is 7.32. The molecule has 1 aliphatic heterocycles. The Hall–Kier alpha value is -1.43. The molecule has 5 heteroatoms. The van der Waals surface area contributed by atoms with E-state index in [1.807, 2.05) is 0 Å². The molecule has 21 heavy (non-hydrogen) atoms. The molecule has 0 spiro atoms. The van der Waals surface area contributed by atoms with Gasteiger partial charge in [0.25, 0.3) is 0 Å². The summed E-state index contributed by atoms with van der Waals surface area (Å²) in [5, 5.41) is 7.61. The van der Waals surface area contributed by atoms with Gasteiger partial charge >= 0.3 is 0 Å². The third-order valence-corrected chi connectivity index (χ3v) is 5.78. The Morgan fingerprint density at radius 1 is 1.29 bits per heavy atom. The van der Waals surface area contributed by atoms with Gasteiger partial charge in [-0.2, -0.15) is 11.3 Å². The van der Waals surface area contributed by atoms with E-state index in [1.165, 1.54) is 17.0 Å². The molecule has 0 aliphatic carbocycles. The molecule has 4 rings (SSSR count). The monoisotopic (exact) mass is 315 g/mol. The minimum Gasteiger partial charge on any atom is -0.349 e. The summed E-state index contributed by atoms with van der Waals surface area (Å²) >= 11 is 3.47. The molecule has 0 fully saturated rings. The molecule has 4 heterocycles. The van der Waals surface area contributed by atoms with Gasteiger partial charge in [-0.05, 0) is 30.5 Å². The smallest absolute Gasteiger partial charge is 0.124 e. The Balaban J connectivity index is 1.52. The summed E-state index contributed by atoms with van der Waals surface area (Å²) in [5.74, 6) is 0.